The van der Waals surface area contributed by atoms with Gasteiger partial charge < -0.3 is 5.32 Å². The fourth-order valence-electron chi connectivity index (χ4n) is 2.21. The molecule has 0 radical (unpaired) electrons. The highest BCUT2D eigenvalue weighted by Crippen LogP contribution is 2.23. The van der Waals surface area contributed by atoms with Crippen molar-refractivity contribution in [3.05, 3.63) is 16.4 Å². The van der Waals surface area contributed by atoms with Crippen molar-refractivity contribution in [3.63, 3.8) is 0 Å². The van der Waals surface area contributed by atoms with Gasteiger partial charge in [-0.05, 0) is 25.8 Å². The number of aromatic nitrogens is 2. The molecule has 4 heteroatoms. The van der Waals surface area contributed by atoms with Gasteiger partial charge in [-0.25, -0.2) is 0 Å². The fraction of sp³-hybridized carbons (Fsp3) is 0.727. The first-order valence-corrected chi connectivity index (χ1v) is 6.03. The van der Waals surface area contributed by atoms with Crippen LogP contribution in [0.4, 0.5) is 0 Å². The minimum absolute atomic E-state index is 0.586. The molecule has 0 amide bonds. The van der Waals surface area contributed by atoms with E-state index in [4.69, 9.17) is 11.6 Å². The molecule has 1 aromatic heterocycles. The first-order chi connectivity index (χ1) is 7.22. The molecule has 3 nitrogen and oxygen atoms in total. The van der Waals surface area contributed by atoms with Crippen molar-refractivity contribution in [2.24, 2.45) is 7.05 Å². The van der Waals surface area contributed by atoms with Crippen LogP contribution in [0.25, 0.3) is 0 Å². The summed E-state index contributed by atoms with van der Waals surface area (Å²) in [7, 11) is 1.98. The average molecular weight is 228 g/mol. The minimum atomic E-state index is 0.586. The third-order valence-corrected chi connectivity index (χ3v) is 3.54. The lowest BCUT2D eigenvalue weighted by atomic mass is 10.1. The van der Waals surface area contributed by atoms with Gasteiger partial charge in [-0.15, -0.1) is 0 Å². The van der Waals surface area contributed by atoms with Crippen molar-refractivity contribution < 1.29 is 0 Å². The largest absolute Gasteiger partial charge is 0.314 e. The van der Waals surface area contributed by atoms with E-state index in [1.54, 1.807) is 0 Å². The van der Waals surface area contributed by atoms with Gasteiger partial charge in [0.1, 0.15) is 0 Å². The molecule has 0 bridgehead atoms. The van der Waals surface area contributed by atoms with Crippen molar-refractivity contribution in [2.45, 2.75) is 38.6 Å². The number of hydrogen-bond acceptors (Lipinski definition) is 2. The predicted molar refractivity (Wildman–Crippen MR) is 62.3 cm³/mol. The zero-order valence-corrected chi connectivity index (χ0v) is 10.1. The lowest BCUT2D eigenvalue weighted by molar-refractivity contribution is 0.570. The molecular formula is C11H18ClN3. The summed E-state index contributed by atoms with van der Waals surface area (Å²) in [6.45, 7) is 3.23. The van der Waals surface area contributed by atoms with Gasteiger partial charge in [-0.3, -0.25) is 4.68 Å². The summed E-state index contributed by atoms with van der Waals surface area (Å²) >= 11 is 6.30. The van der Waals surface area contributed by atoms with E-state index in [1.165, 1.54) is 18.5 Å². The van der Waals surface area contributed by atoms with Crippen molar-refractivity contribution in [1.82, 2.24) is 15.1 Å². The zero-order valence-electron chi connectivity index (χ0n) is 9.39. The van der Waals surface area contributed by atoms with Crippen LogP contribution < -0.4 is 5.32 Å². The highest BCUT2D eigenvalue weighted by Gasteiger charge is 2.20. The molecule has 1 aliphatic rings. The molecule has 84 valence electrons. The molecule has 1 fully saturated rings. The number of hydrogen-bond donors (Lipinski definition) is 1. The van der Waals surface area contributed by atoms with Crippen molar-refractivity contribution in [1.29, 1.82) is 0 Å². The Bertz CT molecular complexity index is 340. The summed E-state index contributed by atoms with van der Waals surface area (Å²) < 4.78 is 1.93. The molecule has 15 heavy (non-hydrogen) atoms. The van der Waals surface area contributed by atoms with Crippen LogP contribution >= 0.6 is 11.6 Å². The van der Waals surface area contributed by atoms with E-state index >= 15 is 0 Å². The molecule has 0 aliphatic carbocycles. The molecular weight excluding hydrogens is 210 g/mol. The van der Waals surface area contributed by atoms with Gasteiger partial charge >= 0.3 is 0 Å². The molecule has 1 aromatic rings. The SMILES string of the molecule is CCc1nn(C)c(CC2CCCN2)c1Cl. The smallest absolute Gasteiger partial charge is 0.0850 e. The third kappa shape index (κ3) is 2.18. The lowest BCUT2D eigenvalue weighted by Gasteiger charge is -2.10. The van der Waals surface area contributed by atoms with Crippen LogP contribution in [0, 0.1) is 0 Å². The Morgan fingerprint density at radius 2 is 2.40 bits per heavy atom. The molecule has 0 aromatic carbocycles. The van der Waals surface area contributed by atoms with E-state index in [9.17, 15) is 0 Å². The van der Waals surface area contributed by atoms with E-state index in [0.717, 1.165) is 30.1 Å². The highest BCUT2D eigenvalue weighted by atomic mass is 35.5. The summed E-state index contributed by atoms with van der Waals surface area (Å²) in [5.74, 6) is 0. The lowest BCUT2D eigenvalue weighted by Crippen LogP contribution is -2.24. The van der Waals surface area contributed by atoms with Crippen LogP contribution in [0.5, 0.6) is 0 Å². The minimum Gasteiger partial charge on any atom is -0.314 e. The van der Waals surface area contributed by atoms with Crippen LogP contribution in [-0.2, 0) is 19.9 Å². The fourth-order valence-corrected chi connectivity index (χ4v) is 2.58. The maximum atomic E-state index is 6.30. The average Bonchev–Trinajstić information content (AvgIpc) is 2.81. The topological polar surface area (TPSA) is 29.9 Å². The molecule has 1 unspecified atom stereocenters. The summed E-state index contributed by atoms with van der Waals surface area (Å²) in [4.78, 5) is 0. The molecule has 0 saturated carbocycles. The second-order valence-electron chi connectivity index (χ2n) is 4.18. The van der Waals surface area contributed by atoms with E-state index in [-0.39, 0.29) is 0 Å². The van der Waals surface area contributed by atoms with Crippen LogP contribution in [0.3, 0.4) is 0 Å². The van der Waals surface area contributed by atoms with E-state index in [0.29, 0.717) is 6.04 Å². The number of rotatable bonds is 3. The Morgan fingerprint density at radius 1 is 1.60 bits per heavy atom. The summed E-state index contributed by atoms with van der Waals surface area (Å²) in [6.07, 6.45) is 4.44. The second kappa shape index (κ2) is 4.54. The monoisotopic (exact) mass is 227 g/mol. The van der Waals surface area contributed by atoms with Crippen LogP contribution in [0.15, 0.2) is 0 Å². The van der Waals surface area contributed by atoms with Crippen LogP contribution in [0.2, 0.25) is 5.02 Å². The van der Waals surface area contributed by atoms with Gasteiger partial charge in [0.2, 0.25) is 0 Å². The number of nitrogens with zero attached hydrogens (tertiary/aromatic N) is 2. The summed E-state index contributed by atoms with van der Waals surface area (Å²) in [5, 5.41) is 8.78. The number of aryl methyl sites for hydroxylation is 2. The van der Waals surface area contributed by atoms with Crippen LogP contribution in [0.1, 0.15) is 31.2 Å². The Hall–Kier alpha value is -0.540. The maximum absolute atomic E-state index is 6.30. The van der Waals surface area contributed by atoms with Gasteiger partial charge in [-0.2, -0.15) is 5.10 Å². The summed E-state index contributed by atoms with van der Waals surface area (Å²) in [6, 6.07) is 0.586. The van der Waals surface area contributed by atoms with E-state index in [2.05, 4.69) is 17.3 Å². The molecule has 0 spiro atoms. The van der Waals surface area contributed by atoms with Gasteiger partial charge in [0.05, 0.1) is 16.4 Å². The van der Waals surface area contributed by atoms with Gasteiger partial charge in [0.15, 0.2) is 0 Å². The molecule has 2 heterocycles. The first kappa shape index (κ1) is 11.0. The van der Waals surface area contributed by atoms with Gasteiger partial charge in [0, 0.05) is 19.5 Å². The Morgan fingerprint density at radius 3 is 2.93 bits per heavy atom. The van der Waals surface area contributed by atoms with E-state index in [1.807, 2.05) is 11.7 Å². The second-order valence-corrected chi connectivity index (χ2v) is 4.56. The molecule has 2 rings (SSSR count). The Kier molecular flexibility index (Phi) is 3.32. The molecule has 1 N–H and O–H groups in total. The zero-order chi connectivity index (χ0) is 10.8. The molecule has 1 atom stereocenters. The van der Waals surface area contributed by atoms with Gasteiger partial charge in [-0.1, -0.05) is 18.5 Å². The first-order valence-electron chi connectivity index (χ1n) is 5.66. The van der Waals surface area contributed by atoms with E-state index < -0.39 is 0 Å². The van der Waals surface area contributed by atoms with Crippen molar-refractivity contribution in [3.8, 4) is 0 Å². The van der Waals surface area contributed by atoms with Gasteiger partial charge in [0.25, 0.3) is 0 Å². The Balaban J connectivity index is 2.15. The summed E-state index contributed by atoms with van der Waals surface area (Å²) in [5.41, 5.74) is 2.19. The quantitative estimate of drug-likeness (QED) is 0.855. The standard InChI is InChI=1S/C11H18ClN3/c1-3-9-11(12)10(15(2)14-9)7-8-5-4-6-13-8/h8,13H,3-7H2,1-2H3. The Labute approximate surface area is 95.8 Å². The maximum Gasteiger partial charge on any atom is 0.0850 e. The molecule has 1 aliphatic heterocycles. The third-order valence-electron chi connectivity index (χ3n) is 3.11. The number of halogens is 1. The van der Waals surface area contributed by atoms with Crippen molar-refractivity contribution >= 4 is 11.6 Å². The highest BCUT2D eigenvalue weighted by molar-refractivity contribution is 6.31. The van der Waals surface area contributed by atoms with Crippen molar-refractivity contribution in [2.75, 3.05) is 6.54 Å². The number of nitrogens with one attached hydrogen (secondary N) is 1. The van der Waals surface area contributed by atoms with Crippen LogP contribution in [-0.4, -0.2) is 22.4 Å². The molecule has 1 saturated heterocycles. The normalized spacial score (nSPS) is 21.1. The predicted octanol–water partition coefficient (Wildman–Crippen LogP) is 1.93.